The molecule has 0 spiro atoms. The molecule has 0 unspecified atom stereocenters. The monoisotopic (exact) mass is 314 g/mol. The molecule has 7 heteroatoms. The van der Waals surface area contributed by atoms with Crippen LogP contribution in [0, 0.1) is 6.92 Å². The smallest absolute Gasteiger partial charge is 0.268 e. The van der Waals surface area contributed by atoms with Gasteiger partial charge in [-0.1, -0.05) is 11.6 Å². The van der Waals surface area contributed by atoms with Gasteiger partial charge in [0.25, 0.3) is 5.56 Å². The Morgan fingerprint density at radius 1 is 1.35 bits per heavy atom. The van der Waals surface area contributed by atoms with Crippen LogP contribution in [0.25, 0.3) is 0 Å². The van der Waals surface area contributed by atoms with Crippen molar-refractivity contribution in [3.8, 4) is 0 Å². The van der Waals surface area contributed by atoms with E-state index < -0.39 is 0 Å². The second-order valence-electron chi connectivity index (χ2n) is 3.41. The van der Waals surface area contributed by atoms with E-state index >= 15 is 0 Å². The highest BCUT2D eigenvalue weighted by Gasteiger charge is 2.06. The van der Waals surface area contributed by atoms with Crippen molar-refractivity contribution >= 4 is 27.5 Å². The average Bonchev–Trinajstić information content (AvgIpc) is 2.33. The highest BCUT2D eigenvalue weighted by molar-refractivity contribution is 9.10. The molecular formula is C10H8BrClN4O. The van der Waals surface area contributed by atoms with E-state index in [9.17, 15) is 4.79 Å². The van der Waals surface area contributed by atoms with Gasteiger partial charge in [0.15, 0.2) is 0 Å². The minimum Gasteiger partial charge on any atom is -0.292 e. The van der Waals surface area contributed by atoms with Crippen molar-refractivity contribution in [1.29, 1.82) is 0 Å². The summed E-state index contributed by atoms with van der Waals surface area (Å²) in [7, 11) is 0. The van der Waals surface area contributed by atoms with Gasteiger partial charge in [0.1, 0.15) is 9.63 Å². The van der Waals surface area contributed by atoms with Crippen LogP contribution in [-0.4, -0.2) is 19.5 Å². The van der Waals surface area contributed by atoms with E-state index in [1.54, 1.807) is 6.92 Å². The number of aromatic nitrogens is 4. The van der Waals surface area contributed by atoms with E-state index in [4.69, 9.17) is 11.6 Å². The first-order valence-corrected chi connectivity index (χ1v) is 5.93. The molecule has 0 N–H and O–H groups in total. The van der Waals surface area contributed by atoms with Crippen LogP contribution in [0.1, 0.15) is 11.4 Å². The zero-order valence-corrected chi connectivity index (χ0v) is 11.2. The van der Waals surface area contributed by atoms with E-state index in [1.165, 1.54) is 23.3 Å². The number of rotatable bonds is 2. The lowest BCUT2D eigenvalue weighted by atomic mass is 10.4. The van der Waals surface area contributed by atoms with Gasteiger partial charge in [-0.05, 0) is 22.9 Å². The van der Waals surface area contributed by atoms with Crippen LogP contribution in [0.5, 0.6) is 0 Å². The van der Waals surface area contributed by atoms with Gasteiger partial charge in [0, 0.05) is 0 Å². The number of hydrogen-bond donors (Lipinski definition) is 0. The molecule has 0 aliphatic carbocycles. The number of halogens is 2. The number of nitrogens with zero attached hydrogens (tertiary/aromatic N) is 4. The Balaban J connectivity index is 2.34. The Bertz CT molecular complexity index is 596. The zero-order chi connectivity index (χ0) is 12.4. The van der Waals surface area contributed by atoms with Crippen LogP contribution in [0.4, 0.5) is 0 Å². The van der Waals surface area contributed by atoms with E-state index in [0.29, 0.717) is 27.6 Å². The van der Waals surface area contributed by atoms with Gasteiger partial charge in [-0.15, -0.1) is 0 Å². The molecule has 2 heterocycles. The normalized spacial score (nSPS) is 10.5. The Labute approximate surface area is 111 Å². The third kappa shape index (κ3) is 2.70. The van der Waals surface area contributed by atoms with Crippen molar-refractivity contribution in [2.75, 3.05) is 0 Å². The summed E-state index contributed by atoms with van der Waals surface area (Å²) in [5.41, 5.74) is 1.16. The first kappa shape index (κ1) is 12.2. The van der Waals surface area contributed by atoms with Crippen molar-refractivity contribution < 1.29 is 0 Å². The lowest BCUT2D eigenvalue weighted by Crippen LogP contribution is -2.23. The summed E-state index contributed by atoms with van der Waals surface area (Å²) in [5.74, 6) is 0. The molecule has 2 aromatic heterocycles. The second kappa shape index (κ2) is 4.93. The Morgan fingerprint density at radius 2 is 2.12 bits per heavy atom. The lowest BCUT2D eigenvalue weighted by molar-refractivity contribution is 0.705. The quantitative estimate of drug-likeness (QED) is 0.848. The highest BCUT2D eigenvalue weighted by atomic mass is 79.9. The van der Waals surface area contributed by atoms with Gasteiger partial charge in [0.2, 0.25) is 0 Å². The van der Waals surface area contributed by atoms with E-state index in [2.05, 4.69) is 30.9 Å². The molecule has 0 aromatic carbocycles. The molecule has 0 radical (unpaired) electrons. The van der Waals surface area contributed by atoms with Crippen molar-refractivity contribution in [2.24, 2.45) is 0 Å². The molecule has 0 fully saturated rings. The largest absolute Gasteiger partial charge is 0.292 e. The molecule has 0 saturated heterocycles. The first-order chi connectivity index (χ1) is 8.08. The van der Waals surface area contributed by atoms with Crippen molar-refractivity contribution in [3.05, 3.63) is 50.1 Å². The van der Waals surface area contributed by atoms with Gasteiger partial charge in [-0.3, -0.25) is 14.3 Å². The van der Waals surface area contributed by atoms with Gasteiger partial charge in [-0.2, -0.15) is 0 Å². The second-order valence-corrected chi connectivity index (χ2v) is 4.59. The molecule has 0 atom stereocenters. The topological polar surface area (TPSA) is 60.7 Å². The maximum absolute atomic E-state index is 11.9. The van der Waals surface area contributed by atoms with Crippen LogP contribution in [-0.2, 0) is 6.54 Å². The minimum atomic E-state index is -0.144. The molecule has 5 nitrogen and oxygen atoms in total. The third-order valence-corrected chi connectivity index (χ3v) is 3.27. The summed E-state index contributed by atoms with van der Waals surface area (Å²) in [6.07, 6.45) is 4.46. The maximum atomic E-state index is 11.9. The molecule has 88 valence electrons. The standard InChI is InChI=1S/C10H8BrClN4O/c1-6-9(11)10(17)16(5-15-6)4-7-2-14-8(12)3-13-7/h2-3,5H,4H2,1H3. The van der Waals surface area contributed by atoms with Crippen molar-refractivity contribution in [2.45, 2.75) is 13.5 Å². The Hall–Kier alpha value is -1.27. The number of hydrogen-bond acceptors (Lipinski definition) is 4. The minimum absolute atomic E-state index is 0.144. The van der Waals surface area contributed by atoms with Crippen LogP contribution < -0.4 is 5.56 Å². The Kier molecular flexibility index (Phi) is 3.54. The maximum Gasteiger partial charge on any atom is 0.268 e. The molecule has 2 aromatic rings. The van der Waals surface area contributed by atoms with E-state index in [-0.39, 0.29) is 5.56 Å². The van der Waals surface area contributed by atoms with Crippen molar-refractivity contribution in [3.63, 3.8) is 0 Å². The fraction of sp³-hybridized carbons (Fsp3) is 0.200. The van der Waals surface area contributed by atoms with Crippen LogP contribution in [0.3, 0.4) is 0 Å². The molecule has 0 aliphatic heterocycles. The van der Waals surface area contributed by atoms with Crippen LogP contribution in [0.2, 0.25) is 5.15 Å². The van der Waals surface area contributed by atoms with Gasteiger partial charge in [0.05, 0.1) is 36.7 Å². The third-order valence-electron chi connectivity index (χ3n) is 2.16. The average molecular weight is 316 g/mol. The Morgan fingerprint density at radius 3 is 2.76 bits per heavy atom. The SMILES string of the molecule is Cc1ncn(Cc2cnc(Cl)cn2)c(=O)c1Br. The fourth-order valence-corrected chi connectivity index (χ4v) is 1.68. The molecule has 0 aliphatic rings. The van der Waals surface area contributed by atoms with Crippen LogP contribution in [0.15, 0.2) is 28.0 Å². The molecule has 0 amide bonds. The van der Waals surface area contributed by atoms with E-state index in [0.717, 1.165) is 0 Å². The first-order valence-electron chi connectivity index (χ1n) is 4.76. The molecule has 2 rings (SSSR count). The molecular weight excluding hydrogens is 307 g/mol. The van der Waals surface area contributed by atoms with Crippen molar-refractivity contribution in [1.82, 2.24) is 19.5 Å². The van der Waals surface area contributed by atoms with Gasteiger partial charge in [-0.25, -0.2) is 9.97 Å². The summed E-state index contributed by atoms with van der Waals surface area (Å²) in [5, 5.41) is 0.323. The summed E-state index contributed by atoms with van der Waals surface area (Å²) in [6, 6.07) is 0. The highest BCUT2D eigenvalue weighted by Crippen LogP contribution is 2.07. The number of aryl methyl sites for hydroxylation is 1. The summed E-state index contributed by atoms with van der Waals surface area (Å²) in [6.45, 7) is 2.08. The lowest BCUT2D eigenvalue weighted by Gasteiger charge is -2.05. The summed E-state index contributed by atoms with van der Waals surface area (Å²) in [4.78, 5) is 23.9. The van der Waals surface area contributed by atoms with Gasteiger partial charge < -0.3 is 0 Å². The summed E-state index contributed by atoms with van der Waals surface area (Å²) >= 11 is 8.83. The van der Waals surface area contributed by atoms with Gasteiger partial charge >= 0.3 is 0 Å². The fourth-order valence-electron chi connectivity index (χ4n) is 1.25. The molecule has 0 bridgehead atoms. The molecule has 0 saturated carbocycles. The van der Waals surface area contributed by atoms with Crippen LogP contribution >= 0.6 is 27.5 Å². The predicted molar refractivity (Wildman–Crippen MR) is 67.1 cm³/mol. The predicted octanol–water partition coefficient (Wildman–Crippen LogP) is 1.81. The zero-order valence-electron chi connectivity index (χ0n) is 8.89. The van der Waals surface area contributed by atoms with E-state index in [1.807, 2.05) is 0 Å². The molecule has 17 heavy (non-hydrogen) atoms. The summed E-state index contributed by atoms with van der Waals surface area (Å²) < 4.78 is 1.91.